The second kappa shape index (κ2) is 13.5. The number of alkyl halides is 3. The van der Waals surface area contributed by atoms with Crippen LogP contribution in [0, 0.1) is 11.8 Å². The number of anilines is 2. The minimum atomic E-state index is -4.39. The summed E-state index contributed by atoms with van der Waals surface area (Å²) in [6, 6.07) is 14.7. The molecular weight excluding hydrogens is 533 g/mol. The van der Waals surface area contributed by atoms with Gasteiger partial charge < -0.3 is 34.3 Å². The van der Waals surface area contributed by atoms with Gasteiger partial charge in [-0.15, -0.1) is 0 Å². The van der Waals surface area contributed by atoms with Crippen molar-refractivity contribution < 1.29 is 27.4 Å². The van der Waals surface area contributed by atoms with Crippen LogP contribution >= 0.6 is 0 Å². The number of hydrogen-bond acceptors (Lipinski definition) is 6. The third-order valence-corrected chi connectivity index (χ3v) is 7.33. The Bertz CT molecular complexity index is 1360. The van der Waals surface area contributed by atoms with Crippen LogP contribution in [0.1, 0.15) is 25.0 Å². The normalized spacial score (nSPS) is 21.6. The molecule has 2 aromatic carbocycles. The van der Waals surface area contributed by atoms with Crippen molar-refractivity contribution >= 4 is 22.3 Å². The topological polar surface area (TPSA) is 59.9 Å². The van der Waals surface area contributed by atoms with E-state index in [0.717, 1.165) is 49.5 Å². The zero-order valence-corrected chi connectivity index (χ0v) is 23.3. The van der Waals surface area contributed by atoms with E-state index in [2.05, 4.69) is 34.4 Å². The molecule has 0 amide bonds. The highest BCUT2D eigenvalue weighted by Crippen LogP contribution is 2.31. The number of likely N-dealkylation sites (tertiary alicyclic amines) is 1. The average molecular weight is 571 g/mol. The first-order valence-corrected chi connectivity index (χ1v) is 14.1. The van der Waals surface area contributed by atoms with Crippen molar-refractivity contribution in [2.24, 2.45) is 0 Å². The molecule has 0 radical (unpaired) electrons. The number of nitrogens with zero attached hydrogens (tertiary/aromatic N) is 2. The van der Waals surface area contributed by atoms with E-state index in [9.17, 15) is 13.2 Å². The van der Waals surface area contributed by atoms with Crippen molar-refractivity contribution in [3.05, 3.63) is 54.2 Å². The molecule has 0 aliphatic carbocycles. The molecule has 4 bridgehead atoms. The fourth-order valence-electron chi connectivity index (χ4n) is 5.30. The van der Waals surface area contributed by atoms with Crippen molar-refractivity contribution in [3.8, 4) is 17.6 Å². The molecule has 41 heavy (non-hydrogen) atoms. The molecule has 1 fully saturated rings. The largest absolute Gasteiger partial charge is 0.494 e. The Hall–Kier alpha value is -3.39. The first kappa shape index (κ1) is 29.1. The van der Waals surface area contributed by atoms with Gasteiger partial charge in [0.25, 0.3) is 0 Å². The van der Waals surface area contributed by atoms with Gasteiger partial charge in [-0.3, -0.25) is 0 Å². The van der Waals surface area contributed by atoms with E-state index in [0.29, 0.717) is 43.0 Å². The molecule has 3 heterocycles. The number of halogens is 3. The van der Waals surface area contributed by atoms with Crippen LogP contribution in [-0.2, 0) is 16.0 Å². The highest BCUT2D eigenvalue weighted by molar-refractivity contribution is 5.94. The van der Waals surface area contributed by atoms with Crippen molar-refractivity contribution in [1.82, 2.24) is 9.47 Å². The minimum absolute atomic E-state index is 0.00949. The van der Waals surface area contributed by atoms with Crippen LogP contribution in [0.4, 0.5) is 24.5 Å². The van der Waals surface area contributed by atoms with Crippen LogP contribution in [0.5, 0.6) is 5.75 Å². The zero-order chi connectivity index (χ0) is 28.7. The molecule has 3 aromatic rings. The molecule has 0 unspecified atom stereocenters. The lowest BCUT2D eigenvalue weighted by molar-refractivity contribution is -0.140. The molecule has 1 aromatic heterocycles. The van der Waals surface area contributed by atoms with E-state index >= 15 is 0 Å². The van der Waals surface area contributed by atoms with Crippen LogP contribution in [0.25, 0.3) is 10.9 Å². The first-order valence-electron chi connectivity index (χ1n) is 14.1. The number of benzene rings is 2. The maximum Gasteiger partial charge on any atom is 0.406 e. The van der Waals surface area contributed by atoms with Gasteiger partial charge in [0.05, 0.1) is 49.7 Å². The second-order valence-corrected chi connectivity index (χ2v) is 10.5. The standard InChI is InChI=1S/C31H37F3N4O3/c1-37-14-12-28-30(21-37)41-18-17-39-15-2-3-16-40-25-9-4-7-23(19-25)35-13-6-8-24-20-26-27(36-28)10-5-11-29(26)38(24)22-31(32,33)34/h4-5,7,9-11,19-20,28,30,35-36H,2-3,12-18,21-22H2,1H3/t28-,30+/m1/s1. The van der Waals surface area contributed by atoms with E-state index in [1.807, 2.05) is 30.3 Å². The number of hydrogen-bond donors (Lipinski definition) is 2. The fraction of sp³-hybridized carbons (Fsp3) is 0.484. The minimum Gasteiger partial charge on any atom is -0.494 e. The summed E-state index contributed by atoms with van der Waals surface area (Å²) in [6.45, 7) is 3.00. The van der Waals surface area contributed by atoms with Gasteiger partial charge in [-0.05, 0) is 69.1 Å². The summed E-state index contributed by atoms with van der Waals surface area (Å²) in [6.07, 6.45) is -1.86. The molecule has 2 aliphatic heterocycles. The molecule has 5 rings (SSSR count). The molecule has 1 saturated heterocycles. The quantitative estimate of drug-likeness (QED) is 0.385. The molecule has 2 aliphatic rings. The molecule has 7 nitrogen and oxygen atoms in total. The fourth-order valence-corrected chi connectivity index (χ4v) is 5.30. The number of likely N-dealkylation sites (N-methyl/N-ethyl adjacent to an activating group) is 1. The zero-order valence-electron chi connectivity index (χ0n) is 23.3. The lowest BCUT2D eigenvalue weighted by atomic mass is 10.0. The lowest BCUT2D eigenvalue weighted by Gasteiger charge is -2.37. The predicted molar refractivity (Wildman–Crippen MR) is 155 cm³/mol. The van der Waals surface area contributed by atoms with Crippen molar-refractivity contribution in [3.63, 3.8) is 0 Å². The van der Waals surface area contributed by atoms with Crippen LogP contribution in [0.3, 0.4) is 0 Å². The molecule has 10 heteroatoms. The second-order valence-electron chi connectivity index (χ2n) is 10.5. The first-order chi connectivity index (χ1) is 19.9. The molecular formula is C31H37F3N4O3. The Morgan fingerprint density at radius 2 is 1.88 bits per heavy atom. The van der Waals surface area contributed by atoms with Crippen LogP contribution < -0.4 is 15.4 Å². The number of fused-ring (bicyclic) bond motifs is 4. The van der Waals surface area contributed by atoms with E-state index in [-0.39, 0.29) is 18.7 Å². The smallest absolute Gasteiger partial charge is 0.406 e. The third-order valence-electron chi connectivity index (χ3n) is 7.33. The van der Waals surface area contributed by atoms with Gasteiger partial charge >= 0.3 is 6.18 Å². The Morgan fingerprint density at radius 3 is 2.76 bits per heavy atom. The van der Waals surface area contributed by atoms with Gasteiger partial charge in [0.15, 0.2) is 0 Å². The molecule has 2 atom stereocenters. The summed E-state index contributed by atoms with van der Waals surface area (Å²) in [5, 5.41) is 7.53. The number of rotatable bonds is 1. The van der Waals surface area contributed by atoms with Crippen molar-refractivity contribution in [2.45, 2.75) is 44.1 Å². The van der Waals surface area contributed by atoms with Gasteiger partial charge in [-0.2, -0.15) is 13.2 Å². The van der Waals surface area contributed by atoms with Crippen LogP contribution in [0.2, 0.25) is 0 Å². The maximum absolute atomic E-state index is 13.6. The average Bonchev–Trinajstić information content (AvgIpc) is 3.28. The van der Waals surface area contributed by atoms with E-state index in [4.69, 9.17) is 14.2 Å². The van der Waals surface area contributed by atoms with Crippen LogP contribution in [0.15, 0.2) is 48.5 Å². The van der Waals surface area contributed by atoms with Gasteiger partial charge in [-0.1, -0.05) is 18.1 Å². The van der Waals surface area contributed by atoms with E-state index in [1.165, 1.54) is 4.57 Å². The van der Waals surface area contributed by atoms with E-state index in [1.54, 1.807) is 18.2 Å². The monoisotopic (exact) mass is 570 g/mol. The van der Waals surface area contributed by atoms with Gasteiger partial charge in [0.2, 0.25) is 0 Å². The summed E-state index contributed by atoms with van der Waals surface area (Å²) in [7, 11) is 2.07. The van der Waals surface area contributed by atoms with Crippen molar-refractivity contribution in [1.29, 1.82) is 0 Å². The molecule has 0 saturated carbocycles. The van der Waals surface area contributed by atoms with Gasteiger partial charge in [-0.25, -0.2) is 0 Å². The molecule has 220 valence electrons. The molecule has 0 spiro atoms. The predicted octanol–water partition coefficient (Wildman–Crippen LogP) is 5.36. The summed E-state index contributed by atoms with van der Waals surface area (Å²) in [5.74, 6) is 6.73. The Balaban J connectivity index is 1.45. The maximum atomic E-state index is 13.6. The van der Waals surface area contributed by atoms with Crippen LogP contribution in [-0.4, -0.2) is 80.9 Å². The Morgan fingerprint density at radius 1 is 1.02 bits per heavy atom. The number of nitrogens with one attached hydrogen (secondary N) is 2. The lowest BCUT2D eigenvalue weighted by Crippen LogP contribution is -2.50. The summed E-state index contributed by atoms with van der Waals surface area (Å²) >= 11 is 0. The Kier molecular flexibility index (Phi) is 9.60. The number of piperidine rings is 1. The van der Waals surface area contributed by atoms with E-state index < -0.39 is 12.7 Å². The summed E-state index contributed by atoms with van der Waals surface area (Å²) in [5.41, 5.74) is 2.41. The highest BCUT2D eigenvalue weighted by atomic mass is 19.4. The number of ether oxygens (including phenoxy) is 3. The van der Waals surface area contributed by atoms with Gasteiger partial charge in [0, 0.05) is 36.0 Å². The van der Waals surface area contributed by atoms with Crippen molar-refractivity contribution in [2.75, 3.05) is 63.7 Å². The highest BCUT2D eigenvalue weighted by Gasteiger charge is 2.31. The number of aromatic nitrogens is 1. The summed E-state index contributed by atoms with van der Waals surface area (Å²) < 4.78 is 60.1. The third kappa shape index (κ3) is 8.09. The SMILES string of the molecule is CN1CC[C@H]2Nc3cccc4c3cc(n4CC(F)(F)F)C#CCNc3cccc(c3)OCCCCOCCO[C@H]2C1. The summed E-state index contributed by atoms with van der Waals surface area (Å²) in [4.78, 5) is 2.23. The molecule has 2 N–H and O–H groups in total. The van der Waals surface area contributed by atoms with Gasteiger partial charge in [0.1, 0.15) is 12.3 Å². The Labute approximate surface area is 238 Å².